The SMILES string of the molecule is CC(O)c1c2ccc(N)c1OS(=O)(=O)O2. The van der Waals surface area contributed by atoms with Crippen LogP contribution in [0.4, 0.5) is 5.69 Å². The van der Waals surface area contributed by atoms with Gasteiger partial charge in [0.25, 0.3) is 0 Å². The van der Waals surface area contributed by atoms with Gasteiger partial charge in [0.05, 0.1) is 17.4 Å². The fourth-order valence-corrected chi connectivity index (χ4v) is 2.18. The standard InChI is InChI=1S/C8H9NO5S/c1-4(10)7-6-3-2-5(9)8(7)14-15(11,12)13-6/h2-4,10H,9H2,1H3. The van der Waals surface area contributed by atoms with Crippen LogP contribution in [0.25, 0.3) is 0 Å². The average Bonchev–Trinajstić information content (AvgIpc) is 2.09. The van der Waals surface area contributed by atoms with Crippen LogP contribution in [0.15, 0.2) is 12.1 Å². The van der Waals surface area contributed by atoms with E-state index in [4.69, 9.17) is 5.73 Å². The van der Waals surface area contributed by atoms with E-state index in [-0.39, 0.29) is 22.7 Å². The van der Waals surface area contributed by atoms with Gasteiger partial charge in [-0.3, -0.25) is 0 Å². The molecule has 1 aliphatic heterocycles. The predicted molar refractivity (Wildman–Crippen MR) is 51.7 cm³/mol. The lowest BCUT2D eigenvalue weighted by Crippen LogP contribution is -2.23. The highest BCUT2D eigenvalue weighted by Crippen LogP contribution is 2.42. The van der Waals surface area contributed by atoms with E-state index in [0.29, 0.717) is 0 Å². The molecule has 82 valence electrons. The lowest BCUT2D eigenvalue weighted by molar-refractivity contribution is 0.190. The van der Waals surface area contributed by atoms with Crippen LogP contribution in [0, 0.1) is 0 Å². The van der Waals surface area contributed by atoms with Gasteiger partial charge >= 0.3 is 10.4 Å². The Morgan fingerprint density at radius 1 is 1.40 bits per heavy atom. The number of hydrogen-bond donors (Lipinski definition) is 2. The van der Waals surface area contributed by atoms with Gasteiger partial charge in [0.15, 0.2) is 11.5 Å². The summed E-state index contributed by atoms with van der Waals surface area (Å²) in [4.78, 5) is 0. The Labute approximate surface area is 86.6 Å². The highest BCUT2D eigenvalue weighted by Gasteiger charge is 2.31. The molecule has 1 atom stereocenters. The van der Waals surface area contributed by atoms with Gasteiger partial charge in [-0.1, -0.05) is 0 Å². The van der Waals surface area contributed by atoms with Crippen LogP contribution >= 0.6 is 0 Å². The van der Waals surface area contributed by atoms with Crippen molar-refractivity contribution in [2.24, 2.45) is 0 Å². The van der Waals surface area contributed by atoms with Crippen molar-refractivity contribution in [2.75, 3.05) is 5.73 Å². The third kappa shape index (κ3) is 1.59. The van der Waals surface area contributed by atoms with Gasteiger partial charge in [-0.05, 0) is 19.1 Å². The summed E-state index contributed by atoms with van der Waals surface area (Å²) in [6.45, 7) is 1.46. The van der Waals surface area contributed by atoms with Crippen molar-refractivity contribution < 1.29 is 21.9 Å². The Hall–Kier alpha value is -1.47. The number of nitrogens with two attached hydrogens (primary N) is 1. The molecule has 1 aromatic rings. The Bertz CT molecular complexity index is 508. The maximum atomic E-state index is 11.1. The minimum absolute atomic E-state index is 0.0421. The number of aliphatic hydroxyl groups excluding tert-OH is 1. The Balaban J connectivity index is 2.70. The van der Waals surface area contributed by atoms with E-state index in [1.165, 1.54) is 19.1 Å². The summed E-state index contributed by atoms with van der Waals surface area (Å²) in [5.41, 5.74) is 5.92. The zero-order chi connectivity index (χ0) is 11.2. The molecule has 0 aromatic heterocycles. The van der Waals surface area contributed by atoms with Crippen LogP contribution in [0.5, 0.6) is 11.5 Å². The number of benzene rings is 1. The van der Waals surface area contributed by atoms with E-state index >= 15 is 0 Å². The molecule has 1 unspecified atom stereocenters. The maximum Gasteiger partial charge on any atom is 0.501 e. The number of nitrogen functional groups attached to an aromatic ring is 1. The second kappa shape index (κ2) is 3.01. The molecule has 1 heterocycles. The average molecular weight is 231 g/mol. The minimum Gasteiger partial charge on any atom is -0.396 e. The molecule has 0 spiro atoms. The predicted octanol–water partition coefficient (Wildman–Crippen LogP) is 0.338. The molecule has 3 N–H and O–H groups in total. The molecule has 7 heteroatoms. The Morgan fingerprint density at radius 2 is 2.07 bits per heavy atom. The molecular weight excluding hydrogens is 222 g/mol. The molecule has 0 radical (unpaired) electrons. The molecule has 2 rings (SSSR count). The molecule has 1 aromatic carbocycles. The molecular formula is C8H9NO5S. The van der Waals surface area contributed by atoms with Crippen LogP contribution in [0.3, 0.4) is 0 Å². The van der Waals surface area contributed by atoms with Crippen LogP contribution in [0.2, 0.25) is 0 Å². The van der Waals surface area contributed by atoms with Gasteiger partial charge in [0.2, 0.25) is 0 Å². The molecule has 0 saturated heterocycles. The van der Waals surface area contributed by atoms with E-state index in [1.807, 2.05) is 0 Å². The van der Waals surface area contributed by atoms with E-state index in [9.17, 15) is 13.5 Å². The largest absolute Gasteiger partial charge is 0.501 e. The second-order valence-corrected chi connectivity index (χ2v) is 4.30. The van der Waals surface area contributed by atoms with Crippen LogP contribution in [-0.4, -0.2) is 13.5 Å². The first-order valence-electron chi connectivity index (χ1n) is 4.15. The van der Waals surface area contributed by atoms with E-state index in [2.05, 4.69) is 8.37 Å². The fraction of sp³-hybridized carbons (Fsp3) is 0.250. The normalized spacial score (nSPS) is 18.8. The fourth-order valence-electron chi connectivity index (χ4n) is 1.39. The number of anilines is 1. The molecule has 2 bridgehead atoms. The van der Waals surface area contributed by atoms with E-state index in [0.717, 1.165) is 0 Å². The lowest BCUT2D eigenvalue weighted by Gasteiger charge is -2.22. The minimum atomic E-state index is -4.10. The monoisotopic (exact) mass is 231 g/mol. The van der Waals surface area contributed by atoms with Crippen molar-refractivity contribution in [3.05, 3.63) is 17.7 Å². The van der Waals surface area contributed by atoms with Crippen molar-refractivity contribution in [3.63, 3.8) is 0 Å². The van der Waals surface area contributed by atoms with Crippen molar-refractivity contribution in [1.29, 1.82) is 0 Å². The summed E-state index contributed by atoms with van der Waals surface area (Å²) in [6.07, 6.45) is -0.922. The molecule has 0 amide bonds. The smallest absolute Gasteiger partial charge is 0.396 e. The first kappa shape index (κ1) is 10.1. The van der Waals surface area contributed by atoms with Crippen molar-refractivity contribution in [3.8, 4) is 11.5 Å². The molecule has 15 heavy (non-hydrogen) atoms. The first-order chi connectivity index (χ1) is 6.91. The number of aliphatic hydroxyl groups is 1. The zero-order valence-electron chi connectivity index (χ0n) is 7.80. The molecule has 1 aliphatic rings. The van der Waals surface area contributed by atoms with E-state index in [1.54, 1.807) is 0 Å². The quantitative estimate of drug-likeness (QED) is 0.676. The van der Waals surface area contributed by atoms with Crippen LogP contribution in [0.1, 0.15) is 18.6 Å². The summed E-state index contributed by atoms with van der Waals surface area (Å²) in [7, 11) is -4.10. The van der Waals surface area contributed by atoms with Gasteiger partial charge in [-0.25, -0.2) is 0 Å². The van der Waals surface area contributed by atoms with Gasteiger partial charge < -0.3 is 19.2 Å². The number of fused-ring (bicyclic) bond motifs is 2. The van der Waals surface area contributed by atoms with Crippen molar-refractivity contribution in [1.82, 2.24) is 0 Å². The molecule has 0 aliphatic carbocycles. The maximum absolute atomic E-state index is 11.1. The highest BCUT2D eigenvalue weighted by atomic mass is 32.3. The lowest BCUT2D eigenvalue weighted by atomic mass is 10.1. The molecule has 0 fully saturated rings. The number of hydrogen-bond acceptors (Lipinski definition) is 6. The third-order valence-electron chi connectivity index (χ3n) is 1.98. The van der Waals surface area contributed by atoms with Gasteiger partial charge in [0, 0.05) is 0 Å². The van der Waals surface area contributed by atoms with Crippen LogP contribution in [-0.2, 0) is 10.4 Å². The van der Waals surface area contributed by atoms with Gasteiger partial charge in [-0.2, -0.15) is 0 Å². The molecule has 6 nitrogen and oxygen atoms in total. The van der Waals surface area contributed by atoms with Crippen molar-refractivity contribution >= 4 is 16.1 Å². The Kier molecular flexibility index (Phi) is 2.02. The summed E-state index contributed by atoms with van der Waals surface area (Å²) in [5.74, 6) is -0.0193. The van der Waals surface area contributed by atoms with Gasteiger partial charge in [-0.15, -0.1) is 8.42 Å². The van der Waals surface area contributed by atoms with Crippen molar-refractivity contribution in [2.45, 2.75) is 13.0 Å². The summed E-state index contributed by atoms with van der Waals surface area (Å²) < 4.78 is 31.3. The van der Waals surface area contributed by atoms with E-state index < -0.39 is 16.5 Å². The summed E-state index contributed by atoms with van der Waals surface area (Å²) in [6, 6.07) is 2.83. The zero-order valence-corrected chi connectivity index (χ0v) is 8.61. The third-order valence-corrected chi connectivity index (χ3v) is 2.74. The van der Waals surface area contributed by atoms with Gasteiger partial charge in [0.1, 0.15) is 0 Å². The number of rotatable bonds is 1. The summed E-state index contributed by atoms with van der Waals surface area (Å²) in [5, 5.41) is 9.43. The second-order valence-electron chi connectivity index (χ2n) is 3.15. The summed E-state index contributed by atoms with van der Waals surface area (Å²) >= 11 is 0. The van der Waals surface area contributed by atoms with Crippen LogP contribution < -0.4 is 14.1 Å². The Morgan fingerprint density at radius 3 is 2.67 bits per heavy atom. The highest BCUT2D eigenvalue weighted by molar-refractivity contribution is 7.82. The molecule has 0 saturated carbocycles. The topological polar surface area (TPSA) is 98.9 Å². The first-order valence-corrected chi connectivity index (χ1v) is 5.48.